The van der Waals surface area contributed by atoms with Crippen molar-refractivity contribution in [1.82, 2.24) is 35.3 Å². The van der Waals surface area contributed by atoms with E-state index in [0.29, 0.717) is 0 Å². The van der Waals surface area contributed by atoms with E-state index in [0.717, 1.165) is 72.8 Å². The van der Waals surface area contributed by atoms with Crippen LogP contribution >= 0.6 is 0 Å². The lowest BCUT2D eigenvalue weighted by atomic mass is 10.00. The van der Waals surface area contributed by atoms with Crippen molar-refractivity contribution in [2.75, 3.05) is 18.4 Å². The van der Waals surface area contributed by atoms with Gasteiger partial charge in [0.2, 0.25) is 0 Å². The van der Waals surface area contributed by atoms with Gasteiger partial charge >= 0.3 is 0 Å². The summed E-state index contributed by atoms with van der Waals surface area (Å²) in [5.41, 5.74) is 7.24. The molecule has 4 heterocycles. The maximum absolute atomic E-state index is 11.6. The summed E-state index contributed by atoms with van der Waals surface area (Å²) < 4.78 is 0. The highest BCUT2D eigenvalue weighted by Gasteiger charge is 2.21. The van der Waals surface area contributed by atoms with Gasteiger partial charge in [0.15, 0.2) is 0 Å². The van der Waals surface area contributed by atoms with Gasteiger partial charge in [0.1, 0.15) is 23.6 Å². The molecule has 2 atom stereocenters. The second kappa shape index (κ2) is 12.5. The predicted octanol–water partition coefficient (Wildman–Crippen LogP) is 5.48. The molecule has 1 amide bonds. The maximum Gasteiger partial charge on any atom is 0.277 e. The highest BCUT2D eigenvalue weighted by molar-refractivity contribution is 5.92. The zero-order chi connectivity index (χ0) is 28.9. The van der Waals surface area contributed by atoms with Crippen molar-refractivity contribution in [2.45, 2.75) is 44.7 Å². The van der Waals surface area contributed by atoms with Crippen LogP contribution in [0, 0.1) is 0 Å². The molecule has 42 heavy (non-hydrogen) atoms. The molecule has 5 aromatic rings. The molecule has 0 aliphatic carbocycles. The summed E-state index contributed by atoms with van der Waals surface area (Å²) in [6, 6.07) is 21.3. The molecular formula is C32H34N8O2. The molecule has 4 N–H and O–H groups in total. The van der Waals surface area contributed by atoms with Crippen LogP contribution in [-0.4, -0.2) is 54.0 Å². The smallest absolute Gasteiger partial charge is 0.277 e. The van der Waals surface area contributed by atoms with E-state index in [1.807, 2.05) is 18.2 Å². The van der Waals surface area contributed by atoms with Crippen LogP contribution in [0.5, 0.6) is 0 Å². The highest BCUT2D eigenvalue weighted by Crippen LogP contribution is 2.30. The number of carbonyl (C=O) groups is 1. The Hall–Kier alpha value is -4.67. The zero-order valence-corrected chi connectivity index (χ0v) is 23.5. The second-order valence-corrected chi connectivity index (χ2v) is 10.8. The van der Waals surface area contributed by atoms with Crippen LogP contribution in [0.3, 0.4) is 0 Å². The molecular weight excluding hydrogens is 528 g/mol. The number of benzene rings is 2. The summed E-state index contributed by atoms with van der Waals surface area (Å²) in [4.78, 5) is 35.3. The van der Waals surface area contributed by atoms with Gasteiger partial charge in [0.05, 0.1) is 10.9 Å². The van der Waals surface area contributed by atoms with Crippen molar-refractivity contribution in [2.24, 2.45) is 0 Å². The minimum absolute atomic E-state index is 0.115. The van der Waals surface area contributed by atoms with Gasteiger partial charge in [-0.2, -0.15) is 0 Å². The third kappa shape index (κ3) is 6.14. The standard InChI is InChI=1S/C32H34N8O2/c1-21(23-6-3-2-4-7-23)37-30-27-16-28(38-31(27)36-20-35-30)24-11-9-22(10-12-24)19-40-14-5-8-25(13-15-40)29-33-17-26(18-34-29)32(41)39-42/h2-4,6-7,9-12,16-18,20-21,25,42H,5,8,13-15,19H2,1H3,(H,39,41)(H2,35,36,37,38)/t21-,25?/m1/s1. The van der Waals surface area contributed by atoms with Gasteiger partial charge in [-0.1, -0.05) is 54.6 Å². The van der Waals surface area contributed by atoms with Gasteiger partial charge in [0, 0.05) is 36.6 Å². The maximum atomic E-state index is 11.6. The predicted molar refractivity (Wildman–Crippen MR) is 161 cm³/mol. The van der Waals surface area contributed by atoms with Crippen LogP contribution in [-0.2, 0) is 6.54 Å². The molecule has 214 valence electrons. The lowest BCUT2D eigenvalue weighted by Gasteiger charge is -2.20. The van der Waals surface area contributed by atoms with Crippen molar-refractivity contribution in [3.8, 4) is 11.3 Å². The molecule has 1 fully saturated rings. The number of rotatable bonds is 8. The van der Waals surface area contributed by atoms with Gasteiger partial charge in [-0.3, -0.25) is 14.9 Å². The van der Waals surface area contributed by atoms with Crippen LogP contribution in [0.4, 0.5) is 5.82 Å². The second-order valence-electron chi connectivity index (χ2n) is 10.8. The molecule has 6 rings (SSSR count). The van der Waals surface area contributed by atoms with E-state index in [4.69, 9.17) is 5.21 Å². The first-order valence-corrected chi connectivity index (χ1v) is 14.3. The number of hydroxylamine groups is 1. The van der Waals surface area contributed by atoms with Crippen molar-refractivity contribution in [1.29, 1.82) is 0 Å². The van der Waals surface area contributed by atoms with Crippen molar-refractivity contribution in [3.63, 3.8) is 0 Å². The van der Waals surface area contributed by atoms with E-state index in [2.05, 4.69) is 84.5 Å². The molecule has 1 saturated heterocycles. The number of H-pyrrole nitrogens is 1. The number of nitrogens with zero attached hydrogens (tertiary/aromatic N) is 5. The molecule has 10 heteroatoms. The van der Waals surface area contributed by atoms with Gasteiger partial charge in [-0.05, 0) is 62.0 Å². The molecule has 3 aromatic heterocycles. The number of hydrogen-bond donors (Lipinski definition) is 4. The van der Waals surface area contributed by atoms with E-state index in [1.165, 1.54) is 23.5 Å². The molecule has 10 nitrogen and oxygen atoms in total. The number of anilines is 1. The molecule has 1 aliphatic rings. The number of aromatic amines is 1. The fraction of sp³-hybridized carbons (Fsp3) is 0.281. The monoisotopic (exact) mass is 562 g/mol. The molecule has 1 unspecified atom stereocenters. The lowest BCUT2D eigenvalue weighted by molar-refractivity contribution is 0.0705. The number of likely N-dealkylation sites (tertiary alicyclic amines) is 1. The Morgan fingerprint density at radius 3 is 2.57 bits per heavy atom. The minimum atomic E-state index is -0.604. The van der Waals surface area contributed by atoms with E-state index in [-0.39, 0.29) is 17.5 Å². The molecule has 0 bridgehead atoms. The molecule has 0 saturated carbocycles. The first-order valence-electron chi connectivity index (χ1n) is 14.3. The van der Waals surface area contributed by atoms with E-state index >= 15 is 0 Å². The lowest BCUT2D eigenvalue weighted by Crippen LogP contribution is -2.24. The first-order chi connectivity index (χ1) is 20.6. The number of hydrogen-bond acceptors (Lipinski definition) is 8. The number of aromatic nitrogens is 5. The normalized spacial score (nSPS) is 16.6. The highest BCUT2D eigenvalue weighted by atomic mass is 16.5. The SMILES string of the molecule is C[C@@H](Nc1ncnc2[nH]c(-c3ccc(CN4CCCC(c5ncc(C(=O)NO)cn5)CC4)cc3)cc12)c1ccccc1. The van der Waals surface area contributed by atoms with Gasteiger partial charge < -0.3 is 10.3 Å². The Balaban J connectivity index is 1.09. The fourth-order valence-electron chi connectivity index (χ4n) is 5.59. The Morgan fingerprint density at radius 1 is 1.02 bits per heavy atom. The summed E-state index contributed by atoms with van der Waals surface area (Å²) in [5, 5.41) is 13.3. The number of amides is 1. The Kier molecular flexibility index (Phi) is 8.16. The average molecular weight is 563 g/mol. The topological polar surface area (TPSA) is 132 Å². The zero-order valence-electron chi connectivity index (χ0n) is 23.5. The molecule has 0 radical (unpaired) electrons. The van der Waals surface area contributed by atoms with Gasteiger partial charge in [-0.25, -0.2) is 25.4 Å². The van der Waals surface area contributed by atoms with Crippen LogP contribution in [0.25, 0.3) is 22.3 Å². The third-order valence-corrected chi connectivity index (χ3v) is 7.97. The molecule has 0 spiro atoms. The van der Waals surface area contributed by atoms with Gasteiger partial charge in [-0.15, -0.1) is 0 Å². The van der Waals surface area contributed by atoms with Crippen molar-refractivity contribution in [3.05, 3.63) is 102 Å². The first kappa shape index (κ1) is 27.5. The van der Waals surface area contributed by atoms with E-state index in [1.54, 1.807) is 11.8 Å². The molecule has 1 aliphatic heterocycles. The average Bonchev–Trinajstić information content (AvgIpc) is 3.35. The number of fused-ring (bicyclic) bond motifs is 1. The summed E-state index contributed by atoms with van der Waals surface area (Å²) in [6.07, 6.45) is 7.56. The van der Waals surface area contributed by atoms with Crippen LogP contribution < -0.4 is 10.8 Å². The fourth-order valence-corrected chi connectivity index (χ4v) is 5.59. The van der Waals surface area contributed by atoms with Crippen LogP contribution in [0.2, 0.25) is 0 Å². The summed E-state index contributed by atoms with van der Waals surface area (Å²) in [6.45, 7) is 4.98. The minimum Gasteiger partial charge on any atom is -0.363 e. The number of carbonyl (C=O) groups excluding carboxylic acids is 1. The van der Waals surface area contributed by atoms with E-state index < -0.39 is 5.91 Å². The number of nitrogens with one attached hydrogen (secondary N) is 3. The largest absolute Gasteiger partial charge is 0.363 e. The van der Waals surface area contributed by atoms with Crippen LogP contribution in [0.1, 0.15) is 65.5 Å². The Labute approximate surface area is 244 Å². The van der Waals surface area contributed by atoms with Crippen LogP contribution in [0.15, 0.2) is 79.4 Å². The van der Waals surface area contributed by atoms with Crippen molar-refractivity contribution < 1.29 is 10.0 Å². The summed E-state index contributed by atoms with van der Waals surface area (Å²) in [7, 11) is 0. The summed E-state index contributed by atoms with van der Waals surface area (Å²) in [5.74, 6) is 1.22. The Bertz CT molecular complexity index is 1640. The Morgan fingerprint density at radius 2 is 1.81 bits per heavy atom. The summed E-state index contributed by atoms with van der Waals surface area (Å²) >= 11 is 0. The van der Waals surface area contributed by atoms with E-state index in [9.17, 15) is 4.79 Å². The molecule has 2 aromatic carbocycles. The van der Waals surface area contributed by atoms with Gasteiger partial charge in [0.25, 0.3) is 5.91 Å². The van der Waals surface area contributed by atoms with Crippen molar-refractivity contribution >= 4 is 22.8 Å². The third-order valence-electron chi connectivity index (χ3n) is 7.97. The quantitative estimate of drug-likeness (QED) is 0.144.